The van der Waals surface area contributed by atoms with Crippen molar-refractivity contribution in [1.82, 2.24) is 9.21 Å². The van der Waals surface area contributed by atoms with Gasteiger partial charge in [0.2, 0.25) is 10.0 Å². The van der Waals surface area contributed by atoms with Gasteiger partial charge in [0.15, 0.2) is 6.10 Å². The van der Waals surface area contributed by atoms with Gasteiger partial charge in [-0.1, -0.05) is 0 Å². The molecule has 2 rings (SSSR count). The molecule has 2 fully saturated rings. The number of hydrogen-bond acceptors (Lipinski definition) is 5. The molecule has 3 atom stereocenters. The molecule has 21 heavy (non-hydrogen) atoms. The number of nitrogens with zero attached hydrogens (tertiary/aromatic N) is 2. The fourth-order valence-corrected chi connectivity index (χ4v) is 3.97. The molecule has 0 radical (unpaired) electrons. The third-order valence-electron chi connectivity index (χ3n) is 3.87. The zero-order valence-electron chi connectivity index (χ0n) is 12.1. The first-order valence-electron chi connectivity index (χ1n) is 6.84. The number of hydrogen-bond donors (Lipinski definition) is 1. The van der Waals surface area contributed by atoms with Gasteiger partial charge in [-0.15, -0.1) is 0 Å². The number of piperazine rings is 1. The average molecular weight is 320 g/mol. The molecule has 0 aromatic carbocycles. The summed E-state index contributed by atoms with van der Waals surface area (Å²) in [6.45, 7) is 2.59. The SMILES string of the molecule is C[C@H]1CN(C(=O)[C@@H]2CC[C@H](C(=O)O)O2)CCN1S(C)(=O)=O. The summed E-state index contributed by atoms with van der Waals surface area (Å²) >= 11 is 0. The zero-order valence-corrected chi connectivity index (χ0v) is 12.9. The summed E-state index contributed by atoms with van der Waals surface area (Å²) < 4.78 is 29.8. The van der Waals surface area contributed by atoms with Crippen molar-refractivity contribution in [3.8, 4) is 0 Å². The van der Waals surface area contributed by atoms with Crippen molar-refractivity contribution in [3.63, 3.8) is 0 Å². The van der Waals surface area contributed by atoms with E-state index in [-0.39, 0.29) is 18.5 Å². The fraction of sp³-hybridized carbons (Fsp3) is 0.833. The van der Waals surface area contributed by atoms with Crippen LogP contribution in [0.15, 0.2) is 0 Å². The molecule has 2 saturated heterocycles. The van der Waals surface area contributed by atoms with Crippen LogP contribution in [0.1, 0.15) is 19.8 Å². The van der Waals surface area contributed by atoms with E-state index in [1.807, 2.05) is 0 Å². The average Bonchev–Trinajstić information content (AvgIpc) is 2.85. The standard InChI is InChI=1S/C12H20N2O6S/c1-8-7-13(5-6-14(8)21(2,18)19)11(15)9-3-4-10(20-9)12(16)17/h8-10H,3-7H2,1-2H3,(H,16,17)/t8-,9-,10+/m0/s1. The molecule has 2 aliphatic rings. The highest BCUT2D eigenvalue weighted by Crippen LogP contribution is 2.23. The minimum absolute atomic E-state index is 0.251. The normalized spacial score (nSPS) is 31.3. The van der Waals surface area contributed by atoms with Crippen LogP contribution in [-0.2, 0) is 24.3 Å². The monoisotopic (exact) mass is 320 g/mol. The Kier molecular flexibility index (Phi) is 4.54. The van der Waals surface area contributed by atoms with Crippen molar-refractivity contribution in [2.24, 2.45) is 0 Å². The van der Waals surface area contributed by atoms with Crippen LogP contribution in [0.2, 0.25) is 0 Å². The highest BCUT2D eigenvalue weighted by Gasteiger charge is 2.39. The largest absolute Gasteiger partial charge is 0.479 e. The lowest BCUT2D eigenvalue weighted by Gasteiger charge is -2.39. The minimum Gasteiger partial charge on any atom is -0.479 e. The van der Waals surface area contributed by atoms with Crippen molar-refractivity contribution in [2.45, 2.75) is 38.0 Å². The van der Waals surface area contributed by atoms with Gasteiger partial charge in [0.05, 0.1) is 6.26 Å². The molecule has 2 heterocycles. The van der Waals surface area contributed by atoms with Gasteiger partial charge in [-0.3, -0.25) is 4.79 Å². The maximum atomic E-state index is 12.3. The number of amides is 1. The second kappa shape index (κ2) is 5.90. The number of aliphatic carboxylic acids is 1. The molecule has 1 N–H and O–H groups in total. The predicted octanol–water partition coefficient (Wildman–Crippen LogP) is -0.889. The maximum Gasteiger partial charge on any atom is 0.332 e. The summed E-state index contributed by atoms with van der Waals surface area (Å²) in [6, 6.07) is -0.297. The van der Waals surface area contributed by atoms with Crippen LogP contribution in [-0.4, -0.2) is 78.7 Å². The first-order valence-corrected chi connectivity index (χ1v) is 8.69. The Balaban J connectivity index is 1.96. The lowest BCUT2D eigenvalue weighted by atomic mass is 10.1. The number of carbonyl (C=O) groups is 2. The molecular formula is C12H20N2O6S. The lowest BCUT2D eigenvalue weighted by molar-refractivity contribution is -0.155. The van der Waals surface area contributed by atoms with Crippen molar-refractivity contribution in [3.05, 3.63) is 0 Å². The summed E-state index contributed by atoms with van der Waals surface area (Å²) in [6.07, 6.45) is 0.205. The van der Waals surface area contributed by atoms with Gasteiger partial charge in [0.25, 0.3) is 5.91 Å². The Morgan fingerprint density at radius 1 is 1.19 bits per heavy atom. The van der Waals surface area contributed by atoms with Crippen LogP contribution in [0.25, 0.3) is 0 Å². The molecule has 120 valence electrons. The molecule has 9 heteroatoms. The highest BCUT2D eigenvalue weighted by atomic mass is 32.2. The second-order valence-corrected chi connectivity index (χ2v) is 7.47. The van der Waals surface area contributed by atoms with Crippen LogP contribution in [0.4, 0.5) is 0 Å². The van der Waals surface area contributed by atoms with E-state index < -0.39 is 28.2 Å². The molecular weight excluding hydrogens is 300 g/mol. The Labute approximate surface area is 123 Å². The third kappa shape index (κ3) is 3.53. The number of carboxylic acids is 1. The first-order chi connectivity index (χ1) is 9.70. The van der Waals surface area contributed by atoms with Gasteiger partial charge in [0, 0.05) is 25.7 Å². The fourth-order valence-electron chi connectivity index (χ4n) is 2.84. The van der Waals surface area contributed by atoms with Gasteiger partial charge in [-0.05, 0) is 19.8 Å². The molecule has 0 bridgehead atoms. The summed E-state index contributed by atoms with van der Waals surface area (Å²) in [5, 5.41) is 8.87. The molecule has 0 aliphatic carbocycles. The number of carboxylic acid groups (broad SMARTS) is 1. The van der Waals surface area contributed by atoms with Gasteiger partial charge >= 0.3 is 5.97 Å². The Morgan fingerprint density at radius 2 is 1.81 bits per heavy atom. The molecule has 1 amide bonds. The zero-order chi connectivity index (χ0) is 15.8. The highest BCUT2D eigenvalue weighted by molar-refractivity contribution is 7.88. The van der Waals surface area contributed by atoms with Crippen LogP contribution < -0.4 is 0 Å². The van der Waals surface area contributed by atoms with E-state index in [0.29, 0.717) is 25.9 Å². The van der Waals surface area contributed by atoms with E-state index in [9.17, 15) is 18.0 Å². The number of sulfonamides is 1. The molecule has 0 aromatic heterocycles. The predicted molar refractivity (Wildman–Crippen MR) is 73.1 cm³/mol. The Bertz CT molecular complexity index is 534. The van der Waals surface area contributed by atoms with E-state index in [4.69, 9.17) is 9.84 Å². The number of rotatable bonds is 3. The van der Waals surface area contributed by atoms with Crippen molar-refractivity contribution in [1.29, 1.82) is 0 Å². The van der Waals surface area contributed by atoms with Crippen LogP contribution in [0.3, 0.4) is 0 Å². The first kappa shape index (κ1) is 16.2. The third-order valence-corrected chi connectivity index (χ3v) is 5.27. The van der Waals surface area contributed by atoms with Crippen LogP contribution >= 0.6 is 0 Å². The van der Waals surface area contributed by atoms with Crippen molar-refractivity contribution in [2.75, 3.05) is 25.9 Å². The number of ether oxygens (including phenoxy) is 1. The van der Waals surface area contributed by atoms with Crippen molar-refractivity contribution >= 4 is 21.9 Å². The van der Waals surface area contributed by atoms with E-state index in [1.165, 1.54) is 4.31 Å². The van der Waals surface area contributed by atoms with Gasteiger partial charge < -0.3 is 14.7 Å². The quantitative estimate of drug-likeness (QED) is 0.723. The molecule has 0 aromatic rings. The summed E-state index contributed by atoms with van der Waals surface area (Å²) in [5.41, 5.74) is 0. The molecule has 0 saturated carbocycles. The van der Waals surface area contributed by atoms with Crippen LogP contribution in [0, 0.1) is 0 Å². The van der Waals surface area contributed by atoms with E-state index in [1.54, 1.807) is 11.8 Å². The molecule has 2 aliphatic heterocycles. The van der Waals surface area contributed by atoms with E-state index in [2.05, 4.69) is 0 Å². The molecule has 0 spiro atoms. The number of carbonyl (C=O) groups excluding carboxylic acids is 1. The van der Waals surface area contributed by atoms with Gasteiger partial charge in [-0.2, -0.15) is 4.31 Å². The minimum atomic E-state index is -3.28. The summed E-state index contributed by atoms with van der Waals surface area (Å²) in [4.78, 5) is 24.7. The Hall–Kier alpha value is -1.19. The topological polar surface area (TPSA) is 104 Å². The summed E-state index contributed by atoms with van der Waals surface area (Å²) in [5.74, 6) is -1.31. The molecule has 8 nitrogen and oxygen atoms in total. The van der Waals surface area contributed by atoms with E-state index in [0.717, 1.165) is 6.26 Å². The van der Waals surface area contributed by atoms with Crippen molar-refractivity contribution < 1.29 is 27.9 Å². The smallest absolute Gasteiger partial charge is 0.332 e. The molecule has 0 unspecified atom stereocenters. The Morgan fingerprint density at radius 3 is 2.29 bits per heavy atom. The van der Waals surface area contributed by atoms with Crippen LogP contribution in [0.5, 0.6) is 0 Å². The van der Waals surface area contributed by atoms with Gasteiger partial charge in [-0.25, -0.2) is 13.2 Å². The maximum absolute atomic E-state index is 12.3. The lowest BCUT2D eigenvalue weighted by Crippen LogP contribution is -2.56. The summed E-state index contributed by atoms with van der Waals surface area (Å²) in [7, 11) is -3.28. The van der Waals surface area contributed by atoms with Gasteiger partial charge in [0.1, 0.15) is 6.10 Å². The second-order valence-electron chi connectivity index (χ2n) is 5.54. The van der Waals surface area contributed by atoms with E-state index >= 15 is 0 Å².